The number of aliphatic hydroxyl groups is 1. The molecule has 3 aliphatic rings. The minimum absolute atomic E-state index is 0.0161. The molecule has 7 heteroatoms. The summed E-state index contributed by atoms with van der Waals surface area (Å²) in [5, 5.41) is 9.44. The number of ether oxygens (including phenoxy) is 2. The van der Waals surface area contributed by atoms with Crippen molar-refractivity contribution in [1.29, 1.82) is 0 Å². The Balaban J connectivity index is 1.18. The van der Waals surface area contributed by atoms with Crippen molar-refractivity contribution >= 4 is 11.8 Å². The normalized spacial score (nSPS) is 23.7. The van der Waals surface area contributed by atoms with Gasteiger partial charge in [0.2, 0.25) is 0 Å². The molecule has 2 saturated heterocycles. The van der Waals surface area contributed by atoms with Gasteiger partial charge in [0.05, 0.1) is 36.5 Å². The van der Waals surface area contributed by atoms with E-state index in [2.05, 4.69) is 4.90 Å². The van der Waals surface area contributed by atoms with Gasteiger partial charge in [0, 0.05) is 18.5 Å². The number of hydrogen-bond donors (Lipinski definition) is 1. The van der Waals surface area contributed by atoms with Gasteiger partial charge in [-0.15, -0.1) is 0 Å². The molecule has 0 aromatic heterocycles. The average molecular weight is 527 g/mol. The molecule has 7 nitrogen and oxygen atoms in total. The highest BCUT2D eigenvalue weighted by Gasteiger charge is 2.36. The molecule has 6 rings (SSSR count). The number of fused-ring (bicyclic) bond motifs is 1. The van der Waals surface area contributed by atoms with Crippen molar-refractivity contribution in [2.24, 2.45) is 0 Å². The number of likely N-dealkylation sites (tertiary alicyclic amines) is 1. The highest BCUT2D eigenvalue weighted by molar-refractivity contribution is 6.21. The lowest BCUT2D eigenvalue weighted by molar-refractivity contribution is -0.253. The number of piperidine rings is 1. The van der Waals surface area contributed by atoms with Gasteiger partial charge in [0.1, 0.15) is 0 Å². The molecule has 0 spiro atoms. The summed E-state index contributed by atoms with van der Waals surface area (Å²) in [6.45, 7) is 3.32. The third kappa shape index (κ3) is 5.54. The van der Waals surface area contributed by atoms with Crippen molar-refractivity contribution in [3.05, 3.63) is 106 Å². The van der Waals surface area contributed by atoms with Crippen molar-refractivity contribution in [2.75, 3.05) is 19.6 Å². The zero-order valence-corrected chi connectivity index (χ0v) is 22.0. The van der Waals surface area contributed by atoms with Crippen molar-refractivity contribution in [3.8, 4) is 0 Å². The molecule has 39 heavy (non-hydrogen) atoms. The fourth-order valence-electron chi connectivity index (χ4n) is 5.81. The zero-order valence-electron chi connectivity index (χ0n) is 22.0. The third-order valence-electron chi connectivity index (χ3n) is 8.00. The van der Waals surface area contributed by atoms with E-state index in [-0.39, 0.29) is 37.2 Å². The maximum absolute atomic E-state index is 12.8. The fraction of sp³-hybridized carbons (Fsp3) is 0.375. The van der Waals surface area contributed by atoms with Crippen LogP contribution in [0.5, 0.6) is 0 Å². The number of imide groups is 1. The van der Waals surface area contributed by atoms with Gasteiger partial charge in [0.15, 0.2) is 6.29 Å². The number of carbonyl (C=O) groups is 2. The lowest BCUT2D eigenvalue weighted by Crippen LogP contribution is -2.41. The number of rotatable bonds is 7. The number of hydrogen-bond acceptors (Lipinski definition) is 6. The van der Waals surface area contributed by atoms with E-state index < -0.39 is 6.29 Å². The first-order valence-electron chi connectivity index (χ1n) is 13.9. The SMILES string of the molecule is O=C1c2ccccc2C(=O)N1Cc1ccc([C@@H]2O[C@H](CN3CCCCC3)C[C@H](c3ccc(CO)cc3)O2)cc1. The van der Waals surface area contributed by atoms with Crippen LogP contribution in [0.1, 0.15) is 81.0 Å². The molecule has 3 aromatic rings. The van der Waals surface area contributed by atoms with Crippen LogP contribution in [-0.2, 0) is 22.6 Å². The molecule has 3 heterocycles. The first kappa shape index (κ1) is 25.9. The topological polar surface area (TPSA) is 79.3 Å². The van der Waals surface area contributed by atoms with Crippen molar-refractivity contribution in [3.63, 3.8) is 0 Å². The van der Waals surface area contributed by atoms with Crippen LogP contribution in [0.25, 0.3) is 0 Å². The Morgan fingerprint density at radius 1 is 0.744 bits per heavy atom. The van der Waals surface area contributed by atoms with E-state index in [4.69, 9.17) is 9.47 Å². The first-order valence-corrected chi connectivity index (χ1v) is 13.9. The van der Waals surface area contributed by atoms with Crippen LogP contribution in [0.4, 0.5) is 0 Å². The third-order valence-corrected chi connectivity index (χ3v) is 8.00. The summed E-state index contributed by atoms with van der Waals surface area (Å²) >= 11 is 0. The van der Waals surface area contributed by atoms with Crippen LogP contribution in [0.3, 0.4) is 0 Å². The number of nitrogens with zero attached hydrogens (tertiary/aromatic N) is 2. The predicted octanol–water partition coefficient (Wildman–Crippen LogP) is 5.01. The summed E-state index contributed by atoms with van der Waals surface area (Å²) in [4.78, 5) is 29.4. The van der Waals surface area contributed by atoms with Crippen molar-refractivity contribution in [1.82, 2.24) is 9.80 Å². The molecule has 3 atom stereocenters. The van der Waals surface area contributed by atoms with E-state index in [1.54, 1.807) is 24.3 Å². The minimum atomic E-state index is -0.524. The van der Waals surface area contributed by atoms with E-state index in [9.17, 15) is 14.7 Å². The standard InChI is InChI=1S/C32H34N2O5/c35-21-23-10-12-24(13-11-23)29-18-26(20-33-16-4-1-5-17-33)38-32(39-29)25-14-8-22(9-15-25)19-34-30(36)27-6-2-3-7-28(27)31(34)37/h2-3,6-15,26,29,32,35H,1,4-5,16-21H2/t26-,29+,32+/m0/s1. The highest BCUT2D eigenvalue weighted by Crippen LogP contribution is 2.38. The minimum Gasteiger partial charge on any atom is -0.392 e. The molecule has 1 N–H and O–H groups in total. The Hall–Kier alpha value is -3.36. The lowest BCUT2D eigenvalue weighted by Gasteiger charge is -2.39. The maximum atomic E-state index is 12.8. The largest absolute Gasteiger partial charge is 0.392 e. The molecule has 0 aliphatic carbocycles. The molecule has 3 aliphatic heterocycles. The maximum Gasteiger partial charge on any atom is 0.261 e. The summed E-state index contributed by atoms with van der Waals surface area (Å²) in [5.41, 5.74) is 4.64. The number of amides is 2. The summed E-state index contributed by atoms with van der Waals surface area (Å²) in [6.07, 6.45) is 3.90. The summed E-state index contributed by atoms with van der Waals surface area (Å²) in [6, 6.07) is 22.7. The van der Waals surface area contributed by atoms with Crippen LogP contribution in [0.15, 0.2) is 72.8 Å². The van der Waals surface area contributed by atoms with Gasteiger partial charge in [-0.1, -0.05) is 67.1 Å². The number of carbonyl (C=O) groups excluding carboxylic acids is 2. The average Bonchev–Trinajstić information content (AvgIpc) is 3.23. The van der Waals surface area contributed by atoms with Crippen LogP contribution in [-0.4, -0.2) is 52.5 Å². The highest BCUT2D eigenvalue weighted by atomic mass is 16.7. The monoisotopic (exact) mass is 526 g/mol. The van der Waals surface area contributed by atoms with Gasteiger partial charge in [-0.2, -0.15) is 0 Å². The van der Waals surface area contributed by atoms with Crippen molar-refractivity contribution in [2.45, 2.75) is 57.3 Å². The molecule has 3 aromatic carbocycles. The molecular weight excluding hydrogens is 492 g/mol. The second kappa shape index (κ2) is 11.4. The Labute approximate surface area is 229 Å². The summed E-state index contributed by atoms with van der Waals surface area (Å²) < 4.78 is 13.0. The predicted molar refractivity (Wildman–Crippen MR) is 146 cm³/mol. The fourth-order valence-corrected chi connectivity index (χ4v) is 5.81. The number of benzene rings is 3. The molecule has 0 saturated carbocycles. The van der Waals surface area contributed by atoms with Gasteiger partial charge < -0.3 is 19.5 Å². The van der Waals surface area contributed by atoms with Gasteiger partial charge in [-0.05, 0) is 54.8 Å². The Morgan fingerprint density at radius 3 is 2.00 bits per heavy atom. The Kier molecular flexibility index (Phi) is 7.57. The van der Waals surface area contributed by atoms with Crippen LogP contribution in [0.2, 0.25) is 0 Å². The van der Waals surface area contributed by atoms with Crippen molar-refractivity contribution < 1.29 is 24.2 Å². The number of aliphatic hydroxyl groups excluding tert-OH is 1. The molecule has 2 fully saturated rings. The quantitative estimate of drug-likeness (QED) is 0.436. The molecule has 0 bridgehead atoms. The Morgan fingerprint density at radius 2 is 1.36 bits per heavy atom. The van der Waals surface area contributed by atoms with E-state index >= 15 is 0 Å². The summed E-state index contributed by atoms with van der Waals surface area (Å²) in [7, 11) is 0. The Bertz CT molecular complexity index is 1280. The summed E-state index contributed by atoms with van der Waals surface area (Å²) in [5.74, 6) is -0.511. The lowest BCUT2D eigenvalue weighted by atomic mass is 9.99. The van der Waals surface area contributed by atoms with Gasteiger partial charge in [-0.25, -0.2) is 0 Å². The van der Waals surface area contributed by atoms with Gasteiger partial charge in [-0.3, -0.25) is 14.5 Å². The first-order chi connectivity index (χ1) is 19.1. The molecular formula is C32H34N2O5. The molecule has 0 radical (unpaired) electrons. The van der Waals surface area contributed by atoms with E-state index in [0.717, 1.165) is 48.3 Å². The van der Waals surface area contributed by atoms with Gasteiger partial charge >= 0.3 is 0 Å². The zero-order chi connectivity index (χ0) is 26.8. The smallest absolute Gasteiger partial charge is 0.261 e. The van der Waals surface area contributed by atoms with Crippen LogP contribution >= 0.6 is 0 Å². The van der Waals surface area contributed by atoms with Gasteiger partial charge in [0.25, 0.3) is 11.8 Å². The second-order valence-electron chi connectivity index (χ2n) is 10.7. The van der Waals surface area contributed by atoms with E-state index in [1.807, 2.05) is 48.5 Å². The van der Waals surface area contributed by atoms with E-state index in [1.165, 1.54) is 24.2 Å². The molecule has 2 amide bonds. The molecule has 0 unspecified atom stereocenters. The molecule has 202 valence electrons. The van der Waals surface area contributed by atoms with Crippen LogP contribution in [0, 0.1) is 0 Å². The van der Waals surface area contributed by atoms with Crippen LogP contribution < -0.4 is 0 Å². The second-order valence-corrected chi connectivity index (χ2v) is 10.7. The van der Waals surface area contributed by atoms with E-state index in [0.29, 0.717) is 11.1 Å².